The number of aliphatic carboxylic acids is 1. The van der Waals surface area contributed by atoms with Crippen LogP contribution < -0.4 is 5.73 Å². The van der Waals surface area contributed by atoms with Crippen molar-refractivity contribution in [3.63, 3.8) is 0 Å². The third-order valence-electron chi connectivity index (χ3n) is 2.54. The van der Waals surface area contributed by atoms with Crippen LogP contribution in [-0.4, -0.2) is 22.1 Å². The number of hydrogen-bond acceptors (Lipinski definition) is 2. The van der Waals surface area contributed by atoms with Gasteiger partial charge in [-0.15, -0.1) is 0 Å². The second-order valence-electron chi connectivity index (χ2n) is 3.77. The molecule has 90 valence electrons. The van der Waals surface area contributed by atoms with Gasteiger partial charge in [0.1, 0.15) is 6.04 Å². The van der Waals surface area contributed by atoms with Gasteiger partial charge in [0, 0.05) is 33.0 Å². The Bertz CT molecular complexity index is 582. The zero-order valence-electron chi connectivity index (χ0n) is 8.71. The molecule has 0 aliphatic carbocycles. The van der Waals surface area contributed by atoms with E-state index in [1.54, 1.807) is 18.3 Å². The number of benzene rings is 1. The summed E-state index contributed by atoms with van der Waals surface area (Å²) in [6.45, 7) is 0. The zero-order valence-corrected chi connectivity index (χ0v) is 11.0. The van der Waals surface area contributed by atoms with Crippen molar-refractivity contribution in [3.8, 4) is 0 Å². The molecule has 4 nitrogen and oxygen atoms in total. The quantitative estimate of drug-likeness (QED) is 0.814. The molecule has 1 aromatic heterocycles. The highest BCUT2D eigenvalue weighted by Gasteiger charge is 2.16. The summed E-state index contributed by atoms with van der Waals surface area (Å²) in [7, 11) is 0. The Balaban J connectivity index is 2.46. The molecule has 0 saturated heterocycles. The number of fused-ring (bicyclic) bond motifs is 1. The second kappa shape index (κ2) is 4.68. The monoisotopic (exact) mass is 316 g/mol. The number of H-pyrrole nitrogens is 1. The number of nitrogens with one attached hydrogen (secondary N) is 1. The number of aromatic nitrogens is 1. The van der Waals surface area contributed by atoms with Crippen LogP contribution in [0.4, 0.5) is 0 Å². The van der Waals surface area contributed by atoms with E-state index in [1.807, 2.05) is 0 Å². The lowest BCUT2D eigenvalue weighted by atomic mass is 10.1. The molecule has 0 aliphatic heterocycles. The molecule has 2 rings (SSSR count). The summed E-state index contributed by atoms with van der Waals surface area (Å²) in [5, 5.41) is 10.3. The number of hydrogen-bond donors (Lipinski definition) is 3. The van der Waals surface area contributed by atoms with Gasteiger partial charge in [-0.1, -0.05) is 27.5 Å². The lowest BCUT2D eigenvalue weighted by Crippen LogP contribution is -2.32. The number of rotatable bonds is 3. The average molecular weight is 318 g/mol. The normalized spacial score (nSPS) is 12.9. The van der Waals surface area contributed by atoms with E-state index < -0.39 is 12.0 Å². The molecule has 1 heterocycles. The average Bonchev–Trinajstić information content (AvgIpc) is 2.60. The van der Waals surface area contributed by atoms with E-state index >= 15 is 0 Å². The summed E-state index contributed by atoms with van der Waals surface area (Å²) in [6.07, 6.45) is 2.03. The smallest absolute Gasteiger partial charge is 0.320 e. The van der Waals surface area contributed by atoms with Crippen LogP contribution in [0.5, 0.6) is 0 Å². The molecule has 1 unspecified atom stereocenters. The summed E-state index contributed by atoms with van der Waals surface area (Å²) in [6, 6.07) is 2.65. The Morgan fingerprint density at radius 1 is 1.59 bits per heavy atom. The Labute approximate surface area is 111 Å². The topological polar surface area (TPSA) is 79.1 Å². The fourth-order valence-electron chi connectivity index (χ4n) is 1.74. The first-order valence-corrected chi connectivity index (χ1v) is 6.09. The molecule has 17 heavy (non-hydrogen) atoms. The molecular formula is C11H10BrClN2O2. The van der Waals surface area contributed by atoms with Gasteiger partial charge in [0.05, 0.1) is 0 Å². The van der Waals surface area contributed by atoms with Crippen molar-refractivity contribution < 1.29 is 9.90 Å². The SMILES string of the molecule is NC(Cc1c[nH]c2cc(Cl)cc(Br)c12)C(=O)O. The van der Waals surface area contributed by atoms with Crippen molar-refractivity contribution in [2.45, 2.75) is 12.5 Å². The lowest BCUT2D eigenvalue weighted by molar-refractivity contribution is -0.138. The fraction of sp³-hybridized carbons (Fsp3) is 0.182. The summed E-state index contributed by atoms with van der Waals surface area (Å²) in [5.41, 5.74) is 7.24. The highest BCUT2D eigenvalue weighted by atomic mass is 79.9. The van der Waals surface area contributed by atoms with Gasteiger partial charge in [-0.2, -0.15) is 0 Å². The third-order valence-corrected chi connectivity index (χ3v) is 3.38. The maximum Gasteiger partial charge on any atom is 0.320 e. The van der Waals surface area contributed by atoms with Crippen molar-refractivity contribution in [1.29, 1.82) is 0 Å². The van der Waals surface area contributed by atoms with Gasteiger partial charge in [-0.05, 0) is 17.7 Å². The zero-order chi connectivity index (χ0) is 12.6. The van der Waals surface area contributed by atoms with Crippen LogP contribution in [0.25, 0.3) is 10.9 Å². The highest BCUT2D eigenvalue weighted by Crippen LogP contribution is 2.31. The maximum absolute atomic E-state index is 10.7. The minimum absolute atomic E-state index is 0.273. The first-order valence-electron chi connectivity index (χ1n) is 4.92. The Hall–Kier alpha value is -1.04. The predicted molar refractivity (Wildman–Crippen MR) is 70.3 cm³/mol. The van der Waals surface area contributed by atoms with Crippen LogP contribution in [0.15, 0.2) is 22.8 Å². The number of carboxylic acids is 1. The Kier molecular flexibility index (Phi) is 3.42. The lowest BCUT2D eigenvalue weighted by Gasteiger charge is -2.06. The molecule has 1 aromatic carbocycles. The van der Waals surface area contributed by atoms with Gasteiger partial charge in [-0.3, -0.25) is 4.79 Å². The predicted octanol–water partition coefficient (Wildman–Crippen LogP) is 2.54. The van der Waals surface area contributed by atoms with E-state index in [-0.39, 0.29) is 6.42 Å². The summed E-state index contributed by atoms with van der Waals surface area (Å²) in [5.74, 6) is -1.01. The molecule has 0 aliphatic rings. The molecule has 0 amide bonds. The van der Waals surface area contributed by atoms with Gasteiger partial charge < -0.3 is 15.8 Å². The van der Waals surface area contributed by atoms with E-state index in [9.17, 15) is 4.79 Å². The largest absolute Gasteiger partial charge is 0.480 e. The number of aromatic amines is 1. The van der Waals surface area contributed by atoms with Crippen LogP contribution in [0.1, 0.15) is 5.56 Å². The van der Waals surface area contributed by atoms with Gasteiger partial charge in [0.25, 0.3) is 0 Å². The van der Waals surface area contributed by atoms with Crippen molar-refractivity contribution >= 4 is 44.4 Å². The van der Waals surface area contributed by atoms with Crippen molar-refractivity contribution in [2.24, 2.45) is 5.73 Å². The Morgan fingerprint density at radius 3 is 2.94 bits per heavy atom. The van der Waals surface area contributed by atoms with E-state index in [0.717, 1.165) is 20.9 Å². The van der Waals surface area contributed by atoms with Crippen LogP contribution in [-0.2, 0) is 11.2 Å². The number of carbonyl (C=O) groups is 1. The minimum Gasteiger partial charge on any atom is -0.480 e. The summed E-state index contributed by atoms with van der Waals surface area (Å²) < 4.78 is 0.828. The first kappa shape index (κ1) is 12.4. The molecule has 0 radical (unpaired) electrons. The summed E-state index contributed by atoms with van der Waals surface area (Å²) in [4.78, 5) is 13.8. The van der Waals surface area contributed by atoms with Gasteiger partial charge in [0.15, 0.2) is 0 Å². The van der Waals surface area contributed by atoms with Crippen LogP contribution in [0, 0.1) is 0 Å². The van der Waals surface area contributed by atoms with E-state index in [1.165, 1.54) is 0 Å². The molecule has 2 aromatic rings. The van der Waals surface area contributed by atoms with E-state index in [4.69, 9.17) is 22.4 Å². The summed E-state index contributed by atoms with van der Waals surface area (Å²) >= 11 is 9.33. The molecular weight excluding hydrogens is 307 g/mol. The molecule has 0 saturated carbocycles. The van der Waals surface area contributed by atoms with Crippen LogP contribution in [0.2, 0.25) is 5.02 Å². The fourth-order valence-corrected chi connectivity index (χ4v) is 2.80. The van der Waals surface area contributed by atoms with E-state index in [2.05, 4.69) is 20.9 Å². The number of carboxylic acid groups (broad SMARTS) is 1. The molecule has 4 N–H and O–H groups in total. The minimum atomic E-state index is -1.01. The van der Waals surface area contributed by atoms with Crippen LogP contribution in [0.3, 0.4) is 0 Å². The highest BCUT2D eigenvalue weighted by molar-refractivity contribution is 9.10. The molecule has 1 atom stereocenters. The molecule has 6 heteroatoms. The standard InChI is InChI=1S/C11H10BrClN2O2/c12-7-2-6(13)3-9-10(7)5(4-15-9)1-8(14)11(16)17/h2-4,8,15H,1,14H2,(H,16,17). The molecule has 0 spiro atoms. The van der Waals surface area contributed by atoms with Crippen molar-refractivity contribution in [2.75, 3.05) is 0 Å². The van der Waals surface area contributed by atoms with Gasteiger partial charge in [0.2, 0.25) is 0 Å². The third kappa shape index (κ3) is 2.46. The maximum atomic E-state index is 10.7. The molecule has 0 bridgehead atoms. The van der Waals surface area contributed by atoms with Crippen molar-refractivity contribution in [3.05, 3.63) is 33.4 Å². The van der Waals surface area contributed by atoms with Gasteiger partial charge >= 0.3 is 5.97 Å². The van der Waals surface area contributed by atoms with Gasteiger partial charge in [-0.25, -0.2) is 0 Å². The second-order valence-corrected chi connectivity index (χ2v) is 5.06. The molecule has 0 fully saturated rings. The number of nitrogens with two attached hydrogens (primary N) is 1. The van der Waals surface area contributed by atoms with Crippen LogP contribution >= 0.6 is 27.5 Å². The number of halogens is 2. The Morgan fingerprint density at radius 2 is 2.29 bits per heavy atom. The first-order chi connectivity index (χ1) is 7.99. The van der Waals surface area contributed by atoms with E-state index in [0.29, 0.717) is 5.02 Å². The van der Waals surface area contributed by atoms with Crippen molar-refractivity contribution in [1.82, 2.24) is 4.98 Å².